The topological polar surface area (TPSA) is 65.0 Å². The second kappa shape index (κ2) is 7.26. The molecule has 5 rings (SSSR count). The van der Waals surface area contributed by atoms with E-state index in [1.165, 1.54) is 37.3 Å². The number of aromatic amines is 1. The van der Waals surface area contributed by atoms with Gasteiger partial charge in [0.15, 0.2) is 0 Å². The zero-order valence-corrected chi connectivity index (χ0v) is 17.2. The number of thiazole rings is 1. The van der Waals surface area contributed by atoms with Crippen molar-refractivity contribution in [3.8, 4) is 10.4 Å². The highest BCUT2D eigenvalue weighted by molar-refractivity contribution is 7.15. The average Bonchev–Trinajstić information content (AvgIpc) is 3.40. The molecule has 1 saturated carbocycles. The Morgan fingerprint density at radius 1 is 1.21 bits per heavy atom. The van der Waals surface area contributed by atoms with Crippen molar-refractivity contribution in [3.63, 3.8) is 0 Å². The Morgan fingerprint density at radius 2 is 2.04 bits per heavy atom. The van der Waals surface area contributed by atoms with Crippen LogP contribution in [0, 0.1) is 0 Å². The van der Waals surface area contributed by atoms with Crippen LogP contribution in [0.2, 0.25) is 5.02 Å². The lowest BCUT2D eigenvalue weighted by atomic mass is 9.81. The first-order valence-electron chi connectivity index (χ1n) is 9.88. The van der Waals surface area contributed by atoms with Crippen molar-refractivity contribution in [2.45, 2.75) is 37.7 Å². The molecule has 0 amide bonds. The zero-order chi connectivity index (χ0) is 19.1. The highest BCUT2D eigenvalue weighted by atomic mass is 35.5. The van der Waals surface area contributed by atoms with Crippen LogP contribution < -0.4 is 0 Å². The van der Waals surface area contributed by atoms with Crippen molar-refractivity contribution in [2.75, 3.05) is 19.6 Å². The molecule has 146 valence electrons. The summed E-state index contributed by atoms with van der Waals surface area (Å²) in [5.41, 5.74) is 2.03. The van der Waals surface area contributed by atoms with E-state index in [0.29, 0.717) is 5.02 Å². The molecular formula is C21H23ClN4OS. The van der Waals surface area contributed by atoms with Crippen molar-refractivity contribution in [3.05, 3.63) is 40.3 Å². The number of nitrogens with one attached hydrogen (secondary N) is 1. The summed E-state index contributed by atoms with van der Waals surface area (Å²) in [6, 6.07) is 2.10. The summed E-state index contributed by atoms with van der Waals surface area (Å²) in [7, 11) is 0. The average molecular weight is 415 g/mol. The first-order valence-corrected chi connectivity index (χ1v) is 11.1. The summed E-state index contributed by atoms with van der Waals surface area (Å²) in [5, 5.41) is 13.0. The summed E-state index contributed by atoms with van der Waals surface area (Å²) in [4.78, 5) is 15.8. The maximum absolute atomic E-state index is 10.6. The van der Waals surface area contributed by atoms with Crippen LogP contribution >= 0.6 is 22.9 Å². The Labute approximate surface area is 173 Å². The number of rotatable bonds is 5. The monoisotopic (exact) mass is 414 g/mol. The minimum absolute atomic E-state index is 0.606. The van der Waals surface area contributed by atoms with E-state index in [4.69, 9.17) is 11.6 Å². The fourth-order valence-electron chi connectivity index (χ4n) is 4.04. The highest BCUT2D eigenvalue weighted by Crippen LogP contribution is 2.45. The van der Waals surface area contributed by atoms with E-state index in [2.05, 4.69) is 38.1 Å². The van der Waals surface area contributed by atoms with Crippen LogP contribution in [0.3, 0.4) is 0 Å². The molecule has 28 heavy (non-hydrogen) atoms. The molecule has 0 spiro atoms. The molecule has 1 saturated heterocycles. The number of aromatic nitrogens is 3. The van der Waals surface area contributed by atoms with Gasteiger partial charge in [0.25, 0.3) is 0 Å². The van der Waals surface area contributed by atoms with Crippen molar-refractivity contribution in [2.24, 2.45) is 0 Å². The number of nitrogens with zero attached hydrogens (tertiary/aromatic N) is 3. The van der Waals surface area contributed by atoms with Gasteiger partial charge in [0.2, 0.25) is 0 Å². The Bertz CT molecular complexity index is 1030. The molecule has 2 N–H and O–H groups in total. The van der Waals surface area contributed by atoms with E-state index in [9.17, 15) is 5.11 Å². The largest absolute Gasteiger partial charge is 0.383 e. The van der Waals surface area contributed by atoms with Crippen LogP contribution in [0.4, 0.5) is 0 Å². The van der Waals surface area contributed by atoms with E-state index in [1.54, 1.807) is 6.20 Å². The fourth-order valence-corrected chi connectivity index (χ4v) is 5.48. The fraction of sp³-hybridized carbons (Fsp3) is 0.429. The van der Waals surface area contributed by atoms with Crippen LogP contribution in [-0.2, 0) is 5.60 Å². The molecule has 2 fully saturated rings. The molecule has 3 aromatic heterocycles. The first-order chi connectivity index (χ1) is 13.6. The molecule has 2 aliphatic rings. The number of hydrogen-bond donors (Lipinski definition) is 2. The molecule has 1 aliphatic heterocycles. The molecular weight excluding hydrogens is 392 g/mol. The lowest BCUT2D eigenvalue weighted by Gasteiger charge is -2.34. The van der Waals surface area contributed by atoms with E-state index in [1.807, 2.05) is 6.20 Å². The number of fused-ring (bicyclic) bond motifs is 1. The summed E-state index contributed by atoms with van der Waals surface area (Å²) < 4.78 is 0. The predicted molar refractivity (Wildman–Crippen MR) is 115 cm³/mol. The predicted octanol–water partition coefficient (Wildman–Crippen LogP) is 4.82. The third-order valence-corrected chi connectivity index (χ3v) is 7.32. The number of aliphatic hydroxyl groups is 1. The lowest BCUT2D eigenvalue weighted by Crippen LogP contribution is -2.33. The molecule has 0 unspecified atom stereocenters. The molecule has 3 aromatic rings. The maximum Gasteiger partial charge on any atom is 0.138 e. The minimum Gasteiger partial charge on any atom is -0.383 e. The standard InChI is InChI=1S/C21H23ClN4OS/c22-16-12-23-19-15(11-14(25-19)5-3-10-26-8-1-2-9-26)18(16)17-13-24-20(28-17)21(27)6-4-7-21/h3,5,11-13,27H,1-2,4,6-10H2,(H,23,25)/b5-3+. The zero-order valence-electron chi connectivity index (χ0n) is 15.6. The van der Waals surface area contributed by atoms with Crippen molar-refractivity contribution in [1.82, 2.24) is 19.9 Å². The SMILES string of the molecule is OC1(c2ncc(-c3c(Cl)cnc4[nH]c(/C=C/CN5CCCC5)cc34)s2)CCC1. The molecule has 0 bridgehead atoms. The van der Waals surface area contributed by atoms with Crippen LogP contribution in [0.15, 0.2) is 24.5 Å². The van der Waals surface area contributed by atoms with E-state index in [0.717, 1.165) is 58.0 Å². The van der Waals surface area contributed by atoms with E-state index >= 15 is 0 Å². The Morgan fingerprint density at radius 3 is 2.79 bits per heavy atom. The summed E-state index contributed by atoms with van der Waals surface area (Å²) in [6.07, 6.45) is 13.1. The Kier molecular flexibility index (Phi) is 4.75. The molecule has 7 heteroatoms. The maximum atomic E-state index is 10.6. The quantitative estimate of drug-likeness (QED) is 0.628. The molecule has 0 radical (unpaired) electrons. The minimum atomic E-state index is -0.747. The van der Waals surface area contributed by atoms with Crippen molar-refractivity contribution in [1.29, 1.82) is 0 Å². The van der Waals surface area contributed by atoms with Gasteiger partial charge < -0.3 is 10.1 Å². The van der Waals surface area contributed by atoms with Gasteiger partial charge in [0.05, 0.1) is 9.90 Å². The van der Waals surface area contributed by atoms with Gasteiger partial charge in [0, 0.05) is 35.6 Å². The number of likely N-dealkylation sites (tertiary alicyclic amines) is 1. The number of H-pyrrole nitrogens is 1. The normalized spacial score (nSPS) is 19.6. The second-order valence-electron chi connectivity index (χ2n) is 7.79. The molecule has 0 aromatic carbocycles. The van der Waals surface area contributed by atoms with Gasteiger partial charge in [-0.3, -0.25) is 4.90 Å². The Hall–Kier alpha value is -1.73. The smallest absolute Gasteiger partial charge is 0.138 e. The summed E-state index contributed by atoms with van der Waals surface area (Å²) in [5.74, 6) is 0. The van der Waals surface area contributed by atoms with Gasteiger partial charge in [0.1, 0.15) is 16.3 Å². The lowest BCUT2D eigenvalue weighted by molar-refractivity contribution is -0.0389. The van der Waals surface area contributed by atoms with Gasteiger partial charge >= 0.3 is 0 Å². The van der Waals surface area contributed by atoms with E-state index < -0.39 is 5.60 Å². The van der Waals surface area contributed by atoms with Crippen LogP contribution in [0.25, 0.3) is 27.6 Å². The van der Waals surface area contributed by atoms with Gasteiger partial charge in [-0.15, -0.1) is 11.3 Å². The third-order valence-electron chi connectivity index (χ3n) is 5.82. The van der Waals surface area contributed by atoms with Crippen molar-refractivity contribution >= 4 is 40.0 Å². The van der Waals surface area contributed by atoms with Crippen molar-refractivity contribution < 1.29 is 5.11 Å². The second-order valence-corrected chi connectivity index (χ2v) is 9.23. The van der Waals surface area contributed by atoms with Crippen LogP contribution in [0.5, 0.6) is 0 Å². The number of pyridine rings is 1. The Balaban J connectivity index is 1.46. The van der Waals surface area contributed by atoms with Gasteiger partial charge in [-0.2, -0.15) is 0 Å². The van der Waals surface area contributed by atoms with Crippen LogP contribution in [0.1, 0.15) is 42.8 Å². The van der Waals surface area contributed by atoms with E-state index in [-0.39, 0.29) is 0 Å². The van der Waals surface area contributed by atoms with Gasteiger partial charge in [-0.25, -0.2) is 9.97 Å². The first kappa shape index (κ1) is 18.3. The van der Waals surface area contributed by atoms with Gasteiger partial charge in [-0.1, -0.05) is 17.7 Å². The molecule has 4 heterocycles. The summed E-state index contributed by atoms with van der Waals surface area (Å²) >= 11 is 8.05. The number of halogens is 1. The third kappa shape index (κ3) is 3.28. The summed E-state index contributed by atoms with van der Waals surface area (Å²) in [6.45, 7) is 3.37. The van der Waals surface area contributed by atoms with Crippen LogP contribution in [-0.4, -0.2) is 44.6 Å². The molecule has 1 aliphatic carbocycles. The molecule has 5 nitrogen and oxygen atoms in total. The number of hydrogen-bond acceptors (Lipinski definition) is 5. The molecule has 0 atom stereocenters. The van der Waals surface area contributed by atoms with Gasteiger partial charge in [-0.05, 0) is 57.3 Å². The highest BCUT2D eigenvalue weighted by Gasteiger charge is 2.39.